The average Bonchev–Trinajstić information content (AvgIpc) is 2.72. The van der Waals surface area contributed by atoms with Crippen molar-refractivity contribution in [3.05, 3.63) is 75.5 Å². The molecule has 2 N–H and O–H groups in total. The van der Waals surface area contributed by atoms with Crippen LogP contribution in [0.15, 0.2) is 59.2 Å². The van der Waals surface area contributed by atoms with Gasteiger partial charge >= 0.3 is 6.18 Å². The lowest BCUT2D eigenvalue weighted by Gasteiger charge is -2.26. The molecule has 0 unspecified atom stereocenters. The maximum atomic E-state index is 13.7. The highest BCUT2D eigenvalue weighted by molar-refractivity contribution is 6.42. The molecule has 1 amide bonds. The number of hydrogen-bond donors (Lipinski definition) is 2. The Hall–Kier alpha value is -2.62. The highest BCUT2D eigenvalue weighted by Gasteiger charge is 2.38. The van der Waals surface area contributed by atoms with Crippen LogP contribution in [0.2, 0.25) is 10.0 Å². The summed E-state index contributed by atoms with van der Waals surface area (Å²) in [5.74, 6) is -1.37. The van der Waals surface area contributed by atoms with Gasteiger partial charge in [-0.3, -0.25) is 9.80 Å². The van der Waals surface area contributed by atoms with E-state index in [1.807, 2.05) is 0 Å². The molecule has 2 aromatic carbocycles. The summed E-state index contributed by atoms with van der Waals surface area (Å²) >= 11 is 12.0. The van der Waals surface area contributed by atoms with Crippen LogP contribution < -0.4 is 10.3 Å². The number of carbonyl (C=O) groups is 1. The molecule has 0 saturated carbocycles. The summed E-state index contributed by atoms with van der Waals surface area (Å²) in [7, 11) is 0. The van der Waals surface area contributed by atoms with E-state index in [4.69, 9.17) is 28.3 Å². The van der Waals surface area contributed by atoms with E-state index in [2.05, 4.69) is 10.4 Å². The van der Waals surface area contributed by atoms with Crippen LogP contribution in [-0.4, -0.2) is 42.1 Å². The maximum Gasteiger partial charge on any atom is 0.416 e. The number of aliphatic hydroxyl groups is 1. The third-order valence-electron chi connectivity index (χ3n) is 4.31. The van der Waals surface area contributed by atoms with Crippen molar-refractivity contribution in [3.8, 4) is 0 Å². The summed E-state index contributed by atoms with van der Waals surface area (Å²) in [6.07, 6.45) is -6.19. The highest BCUT2D eigenvalue weighted by atomic mass is 35.5. The minimum Gasteiger partial charge on any atom is -0.382 e. The first-order valence-corrected chi connectivity index (χ1v) is 9.61. The fraction of sp³-hybridized carbons (Fsp3) is 0.200. The van der Waals surface area contributed by atoms with Gasteiger partial charge in [-0.25, -0.2) is 4.39 Å². The van der Waals surface area contributed by atoms with E-state index in [1.165, 1.54) is 41.4 Å². The Morgan fingerprint density at radius 2 is 1.94 bits per heavy atom. The minimum absolute atomic E-state index is 0.0507. The van der Waals surface area contributed by atoms with E-state index >= 15 is 0 Å². The number of allylic oxidation sites excluding steroid dienone is 1. The average molecular weight is 476 g/mol. The molecule has 1 aliphatic rings. The molecule has 164 valence electrons. The molecular formula is C20H15Cl2F4N3O2. The van der Waals surface area contributed by atoms with Crippen molar-refractivity contribution in [2.45, 2.75) is 12.3 Å². The molecule has 1 atom stereocenters. The molecule has 2 aromatic rings. The molecule has 3 rings (SSSR count). The number of halogens is 6. The van der Waals surface area contributed by atoms with Gasteiger partial charge in [-0.05, 0) is 36.4 Å². The van der Waals surface area contributed by atoms with Crippen LogP contribution in [0.4, 0.5) is 23.2 Å². The van der Waals surface area contributed by atoms with Crippen molar-refractivity contribution in [1.82, 2.24) is 5.32 Å². The number of alkyl halides is 3. The Labute approximate surface area is 184 Å². The van der Waals surface area contributed by atoms with E-state index in [0.29, 0.717) is 16.3 Å². The number of nitrogens with one attached hydrogen (secondary N) is 1. The van der Waals surface area contributed by atoms with E-state index < -0.39 is 30.5 Å². The Bertz CT molecular complexity index is 1060. The number of benzene rings is 2. The van der Waals surface area contributed by atoms with E-state index in [9.17, 15) is 22.4 Å². The van der Waals surface area contributed by atoms with Gasteiger partial charge in [0.25, 0.3) is 0 Å². The first kappa shape index (κ1) is 23.1. The quantitative estimate of drug-likeness (QED) is 0.632. The number of hydrazone groups is 1. The molecule has 5 nitrogen and oxygen atoms in total. The molecule has 0 saturated heterocycles. The van der Waals surface area contributed by atoms with Gasteiger partial charge in [0.05, 0.1) is 34.5 Å². The molecule has 0 fully saturated rings. The first-order chi connectivity index (χ1) is 14.5. The number of hydrogen-bond acceptors (Lipinski definition) is 4. The van der Waals surface area contributed by atoms with Crippen molar-refractivity contribution in [1.29, 1.82) is 0 Å². The normalized spacial score (nSPS) is 15.3. The van der Waals surface area contributed by atoms with Gasteiger partial charge in [0.1, 0.15) is 5.82 Å². The van der Waals surface area contributed by atoms with Crippen LogP contribution in [0.5, 0.6) is 0 Å². The lowest BCUT2D eigenvalue weighted by atomic mass is 10.0. The SMILES string of the molecule is O=C(NC[C@@H](O)C(F)(F)F)C1=CC(c2ccc(Cl)c(Cl)c2)=NN(c2cccc(F)c2)C1. The predicted molar refractivity (Wildman–Crippen MR) is 110 cm³/mol. The van der Waals surface area contributed by atoms with Crippen LogP contribution >= 0.6 is 23.2 Å². The van der Waals surface area contributed by atoms with E-state index in [1.54, 1.807) is 12.1 Å². The molecule has 0 bridgehead atoms. The van der Waals surface area contributed by atoms with Crippen molar-refractivity contribution in [2.75, 3.05) is 18.1 Å². The van der Waals surface area contributed by atoms with E-state index in [0.717, 1.165) is 0 Å². The second kappa shape index (κ2) is 9.25. The summed E-state index contributed by atoms with van der Waals surface area (Å²) in [5, 5.41) is 17.4. The summed E-state index contributed by atoms with van der Waals surface area (Å²) in [4.78, 5) is 12.5. The van der Waals surface area contributed by atoms with Gasteiger partial charge in [-0.1, -0.05) is 35.3 Å². The van der Waals surface area contributed by atoms with Gasteiger partial charge < -0.3 is 10.4 Å². The van der Waals surface area contributed by atoms with Gasteiger partial charge in [-0.15, -0.1) is 0 Å². The molecule has 0 radical (unpaired) electrons. The van der Waals surface area contributed by atoms with Crippen molar-refractivity contribution < 1.29 is 27.5 Å². The van der Waals surface area contributed by atoms with Crippen molar-refractivity contribution in [3.63, 3.8) is 0 Å². The molecule has 1 heterocycles. The number of rotatable bonds is 5. The van der Waals surface area contributed by atoms with Crippen LogP contribution in [0.3, 0.4) is 0 Å². The van der Waals surface area contributed by atoms with Gasteiger partial charge in [0.15, 0.2) is 6.10 Å². The smallest absolute Gasteiger partial charge is 0.382 e. The van der Waals surface area contributed by atoms with Gasteiger partial charge in [0, 0.05) is 11.1 Å². The fourth-order valence-electron chi connectivity index (χ4n) is 2.70. The standard InChI is InChI=1S/C20H15Cl2F4N3O2/c21-15-5-4-11(6-16(15)22)17-7-12(19(31)27-9-18(30)20(24,25)26)10-29(28-17)14-3-1-2-13(23)8-14/h1-8,18,30H,9-10H2,(H,27,31)/t18-/m1/s1. The Morgan fingerprint density at radius 3 is 2.58 bits per heavy atom. The van der Waals surface area contributed by atoms with Crippen LogP contribution in [0.1, 0.15) is 5.56 Å². The molecule has 11 heteroatoms. The second-order valence-electron chi connectivity index (χ2n) is 6.59. The summed E-state index contributed by atoms with van der Waals surface area (Å²) in [6, 6.07) is 10.1. The number of carbonyl (C=O) groups excluding carboxylic acids is 1. The zero-order valence-corrected chi connectivity index (χ0v) is 17.1. The third-order valence-corrected chi connectivity index (χ3v) is 5.05. The number of anilines is 1. The Balaban J connectivity index is 1.92. The lowest BCUT2D eigenvalue weighted by molar-refractivity contribution is -0.201. The summed E-state index contributed by atoms with van der Waals surface area (Å²) < 4.78 is 51.2. The zero-order chi connectivity index (χ0) is 22.8. The largest absolute Gasteiger partial charge is 0.416 e. The summed E-state index contributed by atoms with van der Waals surface area (Å²) in [6.45, 7) is -1.15. The number of nitrogens with zero attached hydrogens (tertiary/aromatic N) is 2. The van der Waals surface area contributed by atoms with Crippen molar-refractivity contribution >= 4 is 40.5 Å². The third kappa shape index (κ3) is 5.75. The predicted octanol–water partition coefficient (Wildman–Crippen LogP) is 4.32. The van der Waals surface area contributed by atoms with Gasteiger partial charge in [-0.2, -0.15) is 18.3 Å². The monoisotopic (exact) mass is 475 g/mol. The topological polar surface area (TPSA) is 64.9 Å². The molecular weight excluding hydrogens is 461 g/mol. The molecule has 1 aliphatic heterocycles. The highest BCUT2D eigenvalue weighted by Crippen LogP contribution is 2.26. The lowest BCUT2D eigenvalue weighted by Crippen LogP contribution is -2.42. The Kier molecular flexibility index (Phi) is 6.88. The minimum atomic E-state index is -4.87. The zero-order valence-electron chi connectivity index (χ0n) is 15.6. The van der Waals surface area contributed by atoms with E-state index in [-0.39, 0.29) is 22.9 Å². The van der Waals surface area contributed by atoms with Gasteiger partial charge in [0.2, 0.25) is 5.91 Å². The molecule has 0 aliphatic carbocycles. The maximum absolute atomic E-state index is 13.7. The summed E-state index contributed by atoms with van der Waals surface area (Å²) in [5.41, 5.74) is 1.12. The number of aliphatic hydroxyl groups excluding tert-OH is 1. The molecule has 0 spiro atoms. The number of amides is 1. The second-order valence-corrected chi connectivity index (χ2v) is 7.40. The molecule has 0 aromatic heterocycles. The fourth-order valence-corrected chi connectivity index (χ4v) is 3.00. The molecule has 31 heavy (non-hydrogen) atoms. The first-order valence-electron chi connectivity index (χ1n) is 8.85. The van der Waals surface area contributed by atoms with Crippen molar-refractivity contribution in [2.24, 2.45) is 5.10 Å². The van der Waals surface area contributed by atoms with Crippen LogP contribution in [-0.2, 0) is 4.79 Å². The Morgan fingerprint density at radius 1 is 1.19 bits per heavy atom. The van der Waals surface area contributed by atoms with Crippen LogP contribution in [0.25, 0.3) is 0 Å². The van der Waals surface area contributed by atoms with Crippen LogP contribution in [0, 0.1) is 5.82 Å².